The van der Waals surface area contributed by atoms with Crippen LogP contribution in [0.25, 0.3) is 0 Å². The van der Waals surface area contributed by atoms with Crippen molar-refractivity contribution in [1.29, 1.82) is 0 Å². The smallest absolute Gasteiger partial charge is 0.274 e. The third-order valence-corrected chi connectivity index (χ3v) is 4.23. The Morgan fingerprint density at radius 2 is 1.84 bits per heavy atom. The zero-order valence-corrected chi connectivity index (χ0v) is 14.5. The topological polar surface area (TPSA) is 66.5 Å². The Morgan fingerprint density at radius 3 is 2.48 bits per heavy atom. The van der Waals surface area contributed by atoms with E-state index in [-0.39, 0.29) is 5.91 Å². The van der Waals surface area contributed by atoms with Crippen LogP contribution in [0.3, 0.4) is 0 Å². The van der Waals surface area contributed by atoms with Crippen molar-refractivity contribution in [3.8, 4) is 0 Å². The van der Waals surface area contributed by atoms with E-state index < -0.39 is 0 Å². The maximum absolute atomic E-state index is 12.3. The minimum absolute atomic E-state index is 0.211. The molecule has 0 saturated carbocycles. The first kappa shape index (κ1) is 17.2. The first-order chi connectivity index (χ1) is 12.3. The largest absolute Gasteiger partial charge is 0.383 e. The maximum atomic E-state index is 12.3. The predicted molar refractivity (Wildman–Crippen MR) is 100 cm³/mol. The molecule has 0 aliphatic carbocycles. The Bertz CT molecular complexity index is 680. The Hall–Kier alpha value is -2.60. The molecule has 1 saturated heterocycles. The maximum Gasteiger partial charge on any atom is 0.274 e. The average molecular weight is 340 g/mol. The molecule has 1 aliphatic rings. The van der Waals surface area contributed by atoms with E-state index in [0.29, 0.717) is 18.8 Å². The molecule has 2 aromatic rings. The molecule has 0 bridgehead atoms. The summed E-state index contributed by atoms with van der Waals surface area (Å²) in [5.74, 6) is -0.211. The number of carbonyl (C=O) groups excluding carboxylic acids is 1. The van der Waals surface area contributed by atoms with Crippen LogP contribution in [0.1, 0.15) is 23.3 Å². The molecule has 1 amide bonds. The Balaban J connectivity index is 1.56. The molecule has 1 fully saturated rings. The van der Waals surface area contributed by atoms with Gasteiger partial charge in [0.1, 0.15) is 5.69 Å². The number of nitrogens with one attached hydrogen (secondary N) is 2. The van der Waals surface area contributed by atoms with Crippen LogP contribution >= 0.6 is 0 Å². The lowest BCUT2D eigenvalue weighted by Gasteiger charge is -2.17. The Morgan fingerprint density at radius 1 is 1.12 bits per heavy atom. The van der Waals surface area contributed by atoms with Gasteiger partial charge in [-0.05, 0) is 49.2 Å². The monoisotopic (exact) mass is 340 g/mol. The molecule has 3 rings (SSSR count). The highest BCUT2D eigenvalue weighted by atomic mass is 16.5. The number of hydrogen-bond acceptors (Lipinski definition) is 5. The van der Waals surface area contributed by atoms with E-state index in [1.807, 2.05) is 18.2 Å². The fourth-order valence-electron chi connectivity index (χ4n) is 2.86. The standard InChI is InChI=1S/C19H24N4O2/c1-25-13-10-20-16-6-9-18(21-14-16)19(24)22-15-4-7-17(8-5-15)23-11-2-3-12-23/h4-9,14,20H,2-3,10-13H2,1H3,(H,22,24). The van der Waals surface area contributed by atoms with Gasteiger partial charge in [0, 0.05) is 38.1 Å². The van der Waals surface area contributed by atoms with Crippen molar-refractivity contribution in [2.24, 2.45) is 0 Å². The lowest BCUT2D eigenvalue weighted by atomic mass is 10.2. The van der Waals surface area contributed by atoms with Crippen LogP contribution in [0.15, 0.2) is 42.6 Å². The highest BCUT2D eigenvalue weighted by Crippen LogP contribution is 2.22. The molecule has 0 radical (unpaired) electrons. The van der Waals surface area contributed by atoms with E-state index in [4.69, 9.17) is 4.74 Å². The lowest BCUT2D eigenvalue weighted by Crippen LogP contribution is -2.17. The van der Waals surface area contributed by atoms with Gasteiger partial charge < -0.3 is 20.3 Å². The van der Waals surface area contributed by atoms with Gasteiger partial charge in [-0.3, -0.25) is 4.79 Å². The van der Waals surface area contributed by atoms with E-state index in [1.54, 1.807) is 19.4 Å². The van der Waals surface area contributed by atoms with Gasteiger partial charge in [-0.15, -0.1) is 0 Å². The van der Waals surface area contributed by atoms with Crippen molar-refractivity contribution >= 4 is 23.0 Å². The summed E-state index contributed by atoms with van der Waals surface area (Å²) in [7, 11) is 1.66. The third-order valence-electron chi connectivity index (χ3n) is 4.23. The Kier molecular flexibility index (Phi) is 5.85. The number of carbonyl (C=O) groups is 1. The zero-order valence-electron chi connectivity index (χ0n) is 14.5. The zero-order chi connectivity index (χ0) is 17.5. The summed E-state index contributed by atoms with van der Waals surface area (Å²) in [6.45, 7) is 3.55. The van der Waals surface area contributed by atoms with Crippen LogP contribution in [0, 0.1) is 0 Å². The molecule has 2 N–H and O–H groups in total. The van der Waals surface area contributed by atoms with Crippen LogP contribution in [-0.4, -0.2) is 44.2 Å². The fraction of sp³-hybridized carbons (Fsp3) is 0.368. The molecule has 25 heavy (non-hydrogen) atoms. The Labute approximate surface area is 148 Å². The second-order valence-electron chi connectivity index (χ2n) is 6.05. The average Bonchev–Trinajstić information content (AvgIpc) is 3.18. The van der Waals surface area contributed by atoms with E-state index in [9.17, 15) is 4.79 Å². The summed E-state index contributed by atoms with van der Waals surface area (Å²) < 4.78 is 4.98. The first-order valence-corrected chi connectivity index (χ1v) is 8.61. The number of hydrogen-bond donors (Lipinski definition) is 2. The van der Waals surface area contributed by atoms with Crippen molar-refractivity contribution < 1.29 is 9.53 Å². The molecule has 132 valence electrons. The molecular weight excluding hydrogens is 316 g/mol. The van der Waals surface area contributed by atoms with Gasteiger partial charge in [-0.25, -0.2) is 4.98 Å². The number of rotatable bonds is 7. The molecule has 1 aliphatic heterocycles. The number of methoxy groups -OCH3 is 1. The second kappa shape index (κ2) is 8.48. The summed E-state index contributed by atoms with van der Waals surface area (Å²) in [5, 5.41) is 6.06. The number of nitrogens with zero attached hydrogens (tertiary/aromatic N) is 2. The van der Waals surface area contributed by atoms with Crippen molar-refractivity contribution in [2.75, 3.05) is 48.9 Å². The number of pyridine rings is 1. The minimum atomic E-state index is -0.211. The molecule has 0 atom stereocenters. The number of aromatic nitrogens is 1. The third kappa shape index (κ3) is 4.70. The highest BCUT2D eigenvalue weighted by Gasteiger charge is 2.12. The molecule has 1 aromatic heterocycles. The van der Waals surface area contributed by atoms with E-state index in [0.717, 1.165) is 24.5 Å². The quantitative estimate of drug-likeness (QED) is 0.759. The van der Waals surface area contributed by atoms with Crippen molar-refractivity contribution in [1.82, 2.24) is 4.98 Å². The minimum Gasteiger partial charge on any atom is -0.383 e. The van der Waals surface area contributed by atoms with Gasteiger partial charge in [-0.1, -0.05) is 0 Å². The SMILES string of the molecule is COCCNc1ccc(C(=O)Nc2ccc(N3CCCC3)cc2)nc1. The number of amides is 1. The highest BCUT2D eigenvalue weighted by molar-refractivity contribution is 6.03. The van der Waals surface area contributed by atoms with Gasteiger partial charge in [0.05, 0.1) is 18.5 Å². The first-order valence-electron chi connectivity index (χ1n) is 8.61. The van der Waals surface area contributed by atoms with Gasteiger partial charge in [-0.2, -0.15) is 0 Å². The van der Waals surface area contributed by atoms with Crippen molar-refractivity contribution in [3.63, 3.8) is 0 Å². The normalized spacial score (nSPS) is 13.7. The number of benzene rings is 1. The molecule has 0 unspecified atom stereocenters. The van der Waals surface area contributed by atoms with Gasteiger partial charge in [0.2, 0.25) is 0 Å². The summed E-state index contributed by atoms with van der Waals surface area (Å²) >= 11 is 0. The lowest BCUT2D eigenvalue weighted by molar-refractivity contribution is 0.102. The van der Waals surface area contributed by atoms with E-state index in [1.165, 1.54) is 18.5 Å². The van der Waals surface area contributed by atoms with Crippen molar-refractivity contribution in [2.45, 2.75) is 12.8 Å². The molecule has 2 heterocycles. The van der Waals surface area contributed by atoms with E-state index in [2.05, 4.69) is 32.7 Å². The number of anilines is 3. The van der Waals surface area contributed by atoms with Gasteiger partial charge in [0.15, 0.2) is 0 Å². The van der Waals surface area contributed by atoms with Gasteiger partial charge in [0.25, 0.3) is 5.91 Å². The number of ether oxygens (including phenoxy) is 1. The summed E-state index contributed by atoms with van der Waals surface area (Å²) in [5.41, 5.74) is 3.24. The van der Waals surface area contributed by atoms with Crippen LogP contribution in [-0.2, 0) is 4.74 Å². The van der Waals surface area contributed by atoms with Crippen molar-refractivity contribution in [3.05, 3.63) is 48.3 Å². The summed E-state index contributed by atoms with van der Waals surface area (Å²) in [6.07, 6.45) is 4.15. The predicted octanol–water partition coefficient (Wildman–Crippen LogP) is 2.99. The molecule has 6 heteroatoms. The van der Waals surface area contributed by atoms with Crippen LogP contribution in [0.4, 0.5) is 17.1 Å². The molecule has 6 nitrogen and oxygen atoms in total. The summed E-state index contributed by atoms with van der Waals surface area (Å²) in [4.78, 5) is 18.9. The van der Waals surface area contributed by atoms with Crippen LogP contribution < -0.4 is 15.5 Å². The summed E-state index contributed by atoms with van der Waals surface area (Å²) in [6, 6.07) is 11.5. The van der Waals surface area contributed by atoms with Crippen LogP contribution in [0.5, 0.6) is 0 Å². The fourth-order valence-corrected chi connectivity index (χ4v) is 2.86. The molecular formula is C19H24N4O2. The molecule has 0 spiro atoms. The van der Waals surface area contributed by atoms with E-state index >= 15 is 0 Å². The second-order valence-corrected chi connectivity index (χ2v) is 6.05. The van der Waals surface area contributed by atoms with Gasteiger partial charge >= 0.3 is 0 Å². The van der Waals surface area contributed by atoms with Crippen LogP contribution in [0.2, 0.25) is 0 Å². The molecule has 1 aromatic carbocycles.